The van der Waals surface area contributed by atoms with Crippen LogP contribution in [-0.4, -0.2) is 32.2 Å². The van der Waals surface area contributed by atoms with Crippen molar-refractivity contribution in [3.05, 3.63) is 24.3 Å². The lowest BCUT2D eigenvalue weighted by molar-refractivity contribution is 0.595. The van der Waals surface area contributed by atoms with Gasteiger partial charge in [0, 0.05) is 11.8 Å². The SMILES string of the molecule is CCCS(=O)(=O)c1ccccc1NC(C)CSC. The molecule has 0 spiro atoms. The van der Waals surface area contributed by atoms with Crippen LogP contribution in [-0.2, 0) is 9.84 Å². The first-order valence-electron chi connectivity index (χ1n) is 6.08. The summed E-state index contributed by atoms with van der Waals surface area (Å²) in [6.45, 7) is 3.93. The number of para-hydroxylation sites is 1. The summed E-state index contributed by atoms with van der Waals surface area (Å²) in [5.41, 5.74) is 0.715. The van der Waals surface area contributed by atoms with Gasteiger partial charge >= 0.3 is 0 Å². The van der Waals surface area contributed by atoms with Crippen molar-refractivity contribution in [2.24, 2.45) is 0 Å². The quantitative estimate of drug-likeness (QED) is 0.837. The van der Waals surface area contributed by atoms with Crippen LogP contribution in [0.1, 0.15) is 20.3 Å². The molecular formula is C13H21NO2S2. The third kappa shape index (κ3) is 4.21. The monoisotopic (exact) mass is 287 g/mol. The van der Waals surface area contributed by atoms with E-state index in [4.69, 9.17) is 0 Å². The van der Waals surface area contributed by atoms with Crippen molar-refractivity contribution in [1.82, 2.24) is 0 Å². The van der Waals surface area contributed by atoms with E-state index in [1.165, 1.54) is 0 Å². The van der Waals surface area contributed by atoms with Crippen LogP contribution in [0.15, 0.2) is 29.2 Å². The van der Waals surface area contributed by atoms with Gasteiger partial charge in [0.25, 0.3) is 0 Å². The van der Waals surface area contributed by atoms with Gasteiger partial charge in [-0.3, -0.25) is 0 Å². The lowest BCUT2D eigenvalue weighted by Crippen LogP contribution is -2.20. The molecule has 102 valence electrons. The van der Waals surface area contributed by atoms with Crippen LogP contribution < -0.4 is 5.32 Å². The van der Waals surface area contributed by atoms with E-state index in [0.717, 1.165) is 5.75 Å². The lowest BCUT2D eigenvalue weighted by Gasteiger charge is -2.17. The van der Waals surface area contributed by atoms with Crippen molar-refractivity contribution in [2.45, 2.75) is 31.2 Å². The van der Waals surface area contributed by atoms with Crippen molar-refractivity contribution in [3.63, 3.8) is 0 Å². The molecule has 0 bridgehead atoms. The van der Waals surface area contributed by atoms with E-state index >= 15 is 0 Å². The molecule has 0 saturated heterocycles. The third-order valence-corrected chi connectivity index (χ3v) is 5.32. The minimum atomic E-state index is -3.17. The van der Waals surface area contributed by atoms with E-state index in [2.05, 4.69) is 12.2 Å². The molecule has 0 aliphatic rings. The number of rotatable bonds is 7. The van der Waals surface area contributed by atoms with Gasteiger partial charge in [0.1, 0.15) is 0 Å². The number of thioether (sulfide) groups is 1. The molecule has 0 fully saturated rings. The van der Waals surface area contributed by atoms with Crippen molar-refractivity contribution in [1.29, 1.82) is 0 Å². The van der Waals surface area contributed by atoms with Gasteiger partial charge in [-0.05, 0) is 31.7 Å². The fourth-order valence-corrected chi connectivity index (χ4v) is 3.88. The fourth-order valence-electron chi connectivity index (χ4n) is 1.79. The Morgan fingerprint density at radius 2 is 2.00 bits per heavy atom. The topological polar surface area (TPSA) is 46.2 Å². The molecule has 1 unspecified atom stereocenters. The maximum Gasteiger partial charge on any atom is 0.180 e. The second-order valence-electron chi connectivity index (χ2n) is 4.32. The summed E-state index contributed by atoms with van der Waals surface area (Å²) >= 11 is 1.74. The molecule has 0 aliphatic carbocycles. The molecule has 0 heterocycles. The Kier molecular flexibility index (Phi) is 6.02. The third-order valence-electron chi connectivity index (χ3n) is 2.51. The molecule has 3 nitrogen and oxygen atoms in total. The second-order valence-corrected chi connectivity index (χ2v) is 7.30. The number of benzene rings is 1. The standard InChI is InChI=1S/C13H21NO2S2/c1-4-9-18(15,16)13-8-6-5-7-12(13)14-11(2)10-17-3/h5-8,11,14H,4,9-10H2,1-3H3. The summed E-state index contributed by atoms with van der Waals surface area (Å²) in [6.07, 6.45) is 2.68. The number of nitrogens with one attached hydrogen (secondary N) is 1. The number of hydrogen-bond donors (Lipinski definition) is 1. The van der Waals surface area contributed by atoms with Crippen LogP contribution in [0.25, 0.3) is 0 Å². The molecule has 1 N–H and O–H groups in total. The van der Waals surface area contributed by atoms with Crippen molar-refractivity contribution in [3.8, 4) is 0 Å². The molecule has 0 saturated carbocycles. The van der Waals surface area contributed by atoms with E-state index < -0.39 is 9.84 Å². The highest BCUT2D eigenvalue weighted by molar-refractivity contribution is 7.98. The number of sulfone groups is 1. The van der Waals surface area contributed by atoms with Gasteiger partial charge < -0.3 is 5.32 Å². The molecule has 1 aromatic rings. The van der Waals surface area contributed by atoms with Crippen molar-refractivity contribution >= 4 is 27.3 Å². The van der Waals surface area contributed by atoms with Crippen LogP contribution in [0.5, 0.6) is 0 Å². The molecule has 0 aromatic heterocycles. The Hall–Kier alpha value is -0.680. The zero-order chi connectivity index (χ0) is 13.6. The highest BCUT2D eigenvalue weighted by atomic mass is 32.2. The Labute approximate surface area is 114 Å². The molecule has 1 aromatic carbocycles. The van der Waals surface area contributed by atoms with Crippen LogP contribution in [0, 0.1) is 0 Å². The van der Waals surface area contributed by atoms with Crippen LogP contribution in [0.4, 0.5) is 5.69 Å². The maximum atomic E-state index is 12.1. The molecule has 0 radical (unpaired) electrons. The van der Waals surface area contributed by atoms with Gasteiger partial charge in [-0.25, -0.2) is 8.42 Å². The average Bonchev–Trinajstić information content (AvgIpc) is 2.29. The van der Waals surface area contributed by atoms with E-state index in [-0.39, 0.29) is 11.8 Å². The largest absolute Gasteiger partial charge is 0.381 e. The lowest BCUT2D eigenvalue weighted by atomic mass is 10.3. The zero-order valence-electron chi connectivity index (χ0n) is 11.1. The summed E-state index contributed by atoms with van der Waals surface area (Å²) in [4.78, 5) is 0.416. The molecular weight excluding hydrogens is 266 g/mol. The first kappa shape index (κ1) is 15.4. The summed E-state index contributed by atoms with van der Waals surface area (Å²) in [5, 5.41) is 3.28. The molecule has 0 amide bonds. The fraction of sp³-hybridized carbons (Fsp3) is 0.538. The van der Waals surface area contributed by atoms with E-state index in [0.29, 0.717) is 17.0 Å². The van der Waals surface area contributed by atoms with Crippen molar-refractivity contribution in [2.75, 3.05) is 23.1 Å². The van der Waals surface area contributed by atoms with Gasteiger partial charge in [-0.2, -0.15) is 11.8 Å². The van der Waals surface area contributed by atoms with Gasteiger partial charge in [-0.1, -0.05) is 19.1 Å². The molecule has 0 aliphatic heterocycles. The normalized spacial score (nSPS) is 13.3. The number of hydrogen-bond acceptors (Lipinski definition) is 4. The van der Waals surface area contributed by atoms with Gasteiger partial charge in [0.15, 0.2) is 9.84 Å². The number of anilines is 1. The first-order chi connectivity index (χ1) is 8.51. The van der Waals surface area contributed by atoms with E-state index in [1.807, 2.05) is 25.3 Å². The van der Waals surface area contributed by atoms with Crippen LogP contribution in [0.2, 0.25) is 0 Å². The van der Waals surface area contributed by atoms with E-state index in [1.54, 1.807) is 23.9 Å². The Bertz CT molecular complexity index is 472. The maximum absolute atomic E-state index is 12.1. The summed E-state index contributed by atoms with van der Waals surface area (Å²) in [5.74, 6) is 1.14. The minimum Gasteiger partial charge on any atom is -0.381 e. The van der Waals surface area contributed by atoms with Crippen LogP contribution >= 0.6 is 11.8 Å². The predicted molar refractivity (Wildman–Crippen MR) is 80.3 cm³/mol. The molecule has 5 heteroatoms. The smallest absolute Gasteiger partial charge is 0.180 e. The second kappa shape index (κ2) is 7.04. The zero-order valence-corrected chi connectivity index (χ0v) is 12.8. The molecule has 1 rings (SSSR count). The van der Waals surface area contributed by atoms with Gasteiger partial charge in [0.05, 0.1) is 16.3 Å². The predicted octanol–water partition coefficient (Wildman–Crippen LogP) is 3.03. The Morgan fingerprint density at radius 1 is 1.33 bits per heavy atom. The van der Waals surface area contributed by atoms with Gasteiger partial charge in [0.2, 0.25) is 0 Å². The average molecular weight is 287 g/mol. The first-order valence-corrected chi connectivity index (χ1v) is 9.13. The molecule has 1 atom stereocenters. The highest BCUT2D eigenvalue weighted by Gasteiger charge is 2.17. The minimum absolute atomic E-state index is 0.197. The van der Waals surface area contributed by atoms with E-state index in [9.17, 15) is 8.42 Å². The van der Waals surface area contributed by atoms with Crippen LogP contribution in [0.3, 0.4) is 0 Å². The van der Waals surface area contributed by atoms with Gasteiger partial charge in [-0.15, -0.1) is 0 Å². The Morgan fingerprint density at radius 3 is 2.61 bits per heavy atom. The summed E-state index contributed by atoms with van der Waals surface area (Å²) in [6, 6.07) is 7.39. The van der Waals surface area contributed by atoms with Crippen molar-refractivity contribution < 1.29 is 8.42 Å². The summed E-state index contributed by atoms with van der Waals surface area (Å²) < 4.78 is 24.3. The molecule has 18 heavy (non-hydrogen) atoms. The highest BCUT2D eigenvalue weighted by Crippen LogP contribution is 2.23. The Balaban J connectivity index is 3.00. The summed E-state index contributed by atoms with van der Waals surface area (Å²) in [7, 11) is -3.17.